The van der Waals surface area contributed by atoms with Crippen molar-refractivity contribution in [3.8, 4) is 17.3 Å². The number of aromatic nitrogens is 5. The Bertz CT molecular complexity index is 1090. The minimum atomic E-state index is 0.222. The molecule has 4 aromatic rings. The normalized spacial score (nSPS) is 10.9. The third kappa shape index (κ3) is 3.45. The Labute approximate surface area is 156 Å². The van der Waals surface area contributed by atoms with Crippen LogP contribution >= 0.6 is 28.1 Å². The summed E-state index contributed by atoms with van der Waals surface area (Å²) in [5.74, 6) is 1.71. The van der Waals surface area contributed by atoms with Gasteiger partial charge in [-0.3, -0.25) is 10.2 Å². The third-order valence-electron chi connectivity index (χ3n) is 3.55. The minimum Gasteiger partial charge on any atom is -0.469 e. The fourth-order valence-electron chi connectivity index (χ4n) is 2.41. The summed E-state index contributed by atoms with van der Waals surface area (Å²) < 4.78 is 7.22. The number of fused-ring (bicyclic) bond motifs is 1. The van der Waals surface area contributed by atoms with Crippen LogP contribution in [0.25, 0.3) is 22.3 Å². The zero-order chi connectivity index (χ0) is 17.2. The van der Waals surface area contributed by atoms with Crippen molar-refractivity contribution in [3.05, 3.63) is 63.6 Å². The molecule has 0 amide bonds. The Morgan fingerprint density at radius 2 is 1.84 bits per heavy atom. The van der Waals surface area contributed by atoms with Gasteiger partial charge in [0, 0.05) is 10.0 Å². The topological polar surface area (TPSA) is 79.5 Å². The standard InChI is InChI=1S/C17H12BrN5OS/c18-11-6-7-13-12(8-11)16(24-9-14-20-17(25)23-22-14)21-15(19-13)10-4-2-1-3-5-10/h1-8H,9H2,(H2,20,22,23,25). The molecule has 8 heteroatoms. The lowest BCUT2D eigenvalue weighted by Gasteiger charge is -2.10. The third-order valence-corrected chi connectivity index (χ3v) is 4.24. The maximum absolute atomic E-state index is 5.90. The highest BCUT2D eigenvalue weighted by molar-refractivity contribution is 9.10. The highest BCUT2D eigenvalue weighted by Crippen LogP contribution is 2.29. The number of hydrogen-bond donors (Lipinski definition) is 2. The zero-order valence-corrected chi connectivity index (χ0v) is 15.3. The van der Waals surface area contributed by atoms with Crippen LogP contribution in [0.15, 0.2) is 53.0 Å². The van der Waals surface area contributed by atoms with E-state index in [1.807, 2.05) is 48.5 Å². The molecule has 0 aliphatic carbocycles. The smallest absolute Gasteiger partial charge is 0.225 e. The van der Waals surface area contributed by atoms with Gasteiger partial charge in [0.25, 0.3) is 0 Å². The van der Waals surface area contributed by atoms with Crippen molar-refractivity contribution in [1.82, 2.24) is 25.1 Å². The molecule has 2 heterocycles. The highest BCUT2D eigenvalue weighted by Gasteiger charge is 2.12. The first kappa shape index (κ1) is 15.9. The van der Waals surface area contributed by atoms with Crippen molar-refractivity contribution in [2.75, 3.05) is 0 Å². The van der Waals surface area contributed by atoms with E-state index in [2.05, 4.69) is 41.1 Å². The maximum Gasteiger partial charge on any atom is 0.225 e. The van der Waals surface area contributed by atoms with Gasteiger partial charge in [0.15, 0.2) is 11.6 Å². The van der Waals surface area contributed by atoms with Gasteiger partial charge in [-0.15, -0.1) is 0 Å². The summed E-state index contributed by atoms with van der Waals surface area (Å²) in [6, 6.07) is 15.6. The Balaban J connectivity index is 1.79. The molecule has 2 aromatic carbocycles. The predicted octanol–water partition coefficient (Wildman–Crippen LogP) is 4.42. The van der Waals surface area contributed by atoms with Gasteiger partial charge in [0.2, 0.25) is 10.7 Å². The Morgan fingerprint density at radius 3 is 2.60 bits per heavy atom. The van der Waals surface area contributed by atoms with E-state index >= 15 is 0 Å². The summed E-state index contributed by atoms with van der Waals surface area (Å²) in [5, 5.41) is 6.43. The van der Waals surface area contributed by atoms with Gasteiger partial charge in [-0.1, -0.05) is 46.3 Å². The van der Waals surface area contributed by atoms with E-state index in [0.29, 0.717) is 22.3 Å². The van der Waals surface area contributed by atoms with Crippen molar-refractivity contribution in [2.24, 2.45) is 0 Å². The Morgan fingerprint density at radius 1 is 1.00 bits per heavy atom. The number of aromatic amines is 2. The first-order chi connectivity index (χ1) is 12.2. The van der Waals surface area contributed by atoms with E-state index in [-0.39, 0.29) is 6.61 Å². The summed E-state index contributed by atoms with van der Waals surface area (Å²) in [6.45, 7) is 0.222. The van der Waals surface area contributed by atoms with E-state index in [0.717, 1.165) is 20.9 Å². The van der Waals surface area contributed by atoms with Crippen LogP contribution in [0.4, 0.5) is 0 Å². The molecule has 0 spiro atoms. The zero-order valence-electron chi connectivity index (χ0n) is 12.9. The maximum atomic E-state index is 5.90. The number of nitrogens with zero attached hydrogens (tertiary/aromatic N) is 3. The number of nitrogens with one attached hydrogen (secondary N) is 2. The second kappa shape index (κ2) is 6.73. The van der Waals surface area contributed by atoms with Crippen LogP contribution in [0, 0.1) is 4.77 Å². The fourth-order valence-corrected chi connectivity index (χ4v) is 2.93. The summed E-state index contributed by atoms with van der Waals surface area (Å²) >= 11 is 8.44. The van der Waals surface area contributed by atoms with E-state index in [1.165, 1.54) is 0 Å². The van der Waals surface area contributed by atoms with Crippen molar-refractivity contribution < 1.29 is 4.74 Å². The van der Waals surface area contributed by atoms with Crippen LogP contribution in [-0.2, 0) is 6.61 Å². The lowest BCUT2D eigenvalue weighted by Crippen LogP contribution is -2.02. The fraction of sp³-hybridized carbons (Fsp3) is 0.0588. The molecule has 25 heavy (non-hydrogen) atoms. The monoisotopic (exact) mass is 413 g/mol. The highest BCUT2D eigenvalue weighted by atomic mass is 79.9. The molecule has 0 saturated carbocycles. The van der Waals surface area contributed by atoms with Crippen LogP contribution in [0.2, 0.25) is 0 Å². The number of rotatable bonds is 4. The average Bonchev–Trinajstić information content (AvgIpc) is 3.05. The van der Waals surface area contributed by atoms with E-state index in [9.17, 15) is 0 Å². The molecule has 0 aliphatic heterocycles. The number of benzene rings is 2. The lowest BCUT2D eigenvalue weighted by molar-refractivity contribution is 0.288. The molecule has 0 aliphatic rings. The lowest BCUT2D eigenvalue weighted by atomic mass is 10.2. The second-order valence-electron chi connectivity index (χ2n) is 5.28. The summed E-state index contributed by atoms with van der Waals surface area (Å²) in [6.07, 6.45) is 0. The number of halogens is 1. The number of H-pyrrole nitrogens is 2. The molecule has 4 rings (SSSR count). The van der Waals surface area contributed by atoms with Crippen LogP contribution in [0.3, 0.4) is 0 Å². The van der Waals surface area contributed by atoms with Crippen LogP contribution in [0.5, 0.6) is 5.88 Å². The second-order valence-corrected chi connectivity index (χ2v) is 6.58. The van der Waals surface area contributed by atoms with Crippen LogP contribution in [0.1, 0.15) is 5.82 Å². The molecule has 0 atom stereocenters. The van der Waals surface area contributed by atoms with Crippen LogP contribution < -0.4 is 4.74 Å². The Hall–Kier alpha value is -2.58. The molecule has 2 aromatic heterocycles. The van der Waals surface area contributed by atoms with Gasteiger partial charge in [-0.2, -0.15) is 4.98 Å². The van der Waals surface area contributed by atoms with Gasteiger partial charge in [0.1, 0.15) is 6.61 Å². The van der Waals surface area contributed by atoms with Gasteiger partial charge in [-0.05, 0) is 30.4 Å². The van der Waals surface area contributed by atoms with Crippen molar-refractivity contribution >= 4 is 39.1 Å². The quantitative estimate of drug-likeness (QED) is 0.484. The first-order valence-electron chi connectivity index (χ1n) is 7.48. The summed E-state index contributed by atoms with van der Waals surface area (Å²) in [7, 11) is 0. The SMILES string of the molecule is S=c1nc(COc2nc(-c3ccccc3)nc3ccc(Br)cc23)[nH][nH]1. The van der Waals surface area contributed by atoms with Gasteiger partial charge in [0.05, 0.1) is 10.9 Å². The predicted molar refractivity (Wildman–Crippen MR) is 101 cm³/mol. The molecule has 124 valence electrons. The molecule has 2 N–H and O–H groups in total. The molecular weight excluding hydrogens is 402 g/mol. The largest absolute Gasteiger partial charge is 0.469 e. The molecule has 0 radical (unpaired) electrons. The van der Waals surface area contributed by atoms with Crippen molar-refractivity contribution in [2.45, 2.75) is 6.61 Å². The van der Waals surface area contributed by atoms with Crippen molar-refractivity contribution in [1.29, 1.82) is 0 Å². The molecule has 0 saturated heterocycles. The van der Waals surface area contributed by atoms with Crippen molar-refractivity contribution in [3.63, 3.8) is 0 Å². The first-order valence-corrected chi connectivity index (χ1v) is 8.68. The van der Waals surface area contributed by atoms with Gasteiger partial charge in [-0.25, -0.2) is 9.97 Å². The number of ether oxygens (including phenoxy) is 1. The summed E-state index contributed by atoms with van der Waals surface area (Å²) in [4.78, 5) is 13.4. The molecule has 0 bridgehead atoms. The summed E-state index contributed by atoms with van der Waals surface area (Å²) in [5.41, 5.74) is 1.73. The minimum absolute atomic E-state index is 0.222. The molecular formula is C17H12BrN5OS. The molecule has 6 nitrogen and oxygen atoms in total. The van der Waals surface area contributed by atoms with Crippen LogP contribution in [-0.4, -0.2) is 25.1 Å². The van der Waals surface area contributed by atoms with Gasteiger partial charge < -0.3 is 4.74 Å². The molecule has 0 fully saturated rings. The van der Waals surface area contributed by atoms with E-state index in [4.69, 9.17) is 17.0 Å². The average molecular weight is 414 g/mol. The van der Waals surface area contributed by atoms with Gasteiger partial charge >= 0.3 is 0 Å². The Kier molecular flexibility index (Phi) is 4.29. The van der Waals surface area contributed by atoms with E-state index < -0.39 is 0 Å². The number of hydrogen-bond acceptors (Lipinski definition) is 5. The van der Waals surface area contributed by atoms with E-state index in [1.54, 1.807) is 0 Å². The molecule has 0 unspecified atom stereocenters.